The Hall–Kier alpha value is -3.75. The summed E-state index contributed by atoms with van der Waals surface area (Å²) in [4.78, 5) is 38.2. The zero-order chi connectivity index (χ0) is 21.8. The van der Waals surface area contributed by atoms with Crippen LogP contribution in [0.15, 0.2) is 48.5 Å². The fourth-order valence-corrected chi connectivity index (χ4v) is 3.46. The summed E-state index contributed by atoms with van der Waals surface area (Å²) in [6.45, 7) is 0.626. The smallest absolute Gasteiger partial charge is 0.329 e. The second-order valence-electron chi connectivity index (χ2n) is 7.21. The van der Waals surface area contributed by atoms with E-state index in [1.807, 2.05) is 24.3 Å². The van der Waals surface area contributed by atoms with Gasteiger partial charge >= 0.3 is 6.03 Å². The summed E-state index contributed by atoms with van der Waals surface area (Å²) in [6.07, 6.45) is 0.00261. The van der Waals surface area contributed by atoms with Crippen LogP contribution in [0.5, 0.6) is 17.2 Å². The average molecular weight is 425 g/mol. The van der Waals surface area contributed by atoms with E-state index in [2.05, 4.69) is 10.6 Å². The molecule has 4 amide bonds. The Bertz CT molecular complexity index is 977. The summed E-state index contributed by atoms with van der Waals surface area (Å²) in [5.41, 5.74) is 0.449. The lowest BCUT2D eigenvalue weighted by Gasteiger charge is -2.26. The number of fused-ring (bicyclic) bond motifs is 1. The molecule has 2 aromatic carbocycles. The summed E-state index contributed by atoms with van der Waals surface area (Å²) in [6, 6.07) is 12.7. The number of hydrogen-bond donors (Lipinski definition) is 2. The van der Waals surface area contributed by atoms with Gasteiger partial charge in [0.05, 0.1) is 19.3 Å². The van der Waals surface area contributed by atoms with Crippen LogP contribution >= 0.6 is 0 Å². The summed E-state index contributed by atoms with van der Waals surface area (Å²) in [5.74, 6) is 1.34. The first kappa shape index (κ1) is 20.5. The van der Waals surface area contributed by atoms with E-state index in [9.17, 15) is 14.4 Å². The molecule has 2 aliphatic rings. The van der Waals surface area contributed by atoms with Crippen LogP contribution in [-0.2, 0) is 9.59 Å². The van der Waals surface area contributed by atoms with Gasteiger partial charge in [0, 0.05) is 6.42 Å². The number of urea groups is 1. The maximum atomic E-state index is 12.6. The van der Waals surface area contributed by atoms with E-state index in [4.69, 9.17) is 14.2 Å². The van der Waals surface area contributed by atoms with E-state index in [0.717, 1.165) is 4.90 Å². The Balaban J connectivity index is 1.25. The van der Waals surface area contributed by atoms with Crippen LogP contribution in [0.3, 0.4) is 0 Å². The summed E-state index contributed by atoms with van der Waals surface area (Å²) in [7, 11) is 1.54. The number of benzene rings is 2. The van der Waals surface area contributed by atoms with Crippen LogP contribution in [0.4, 0.5) is 10.5 Å². The van der Waals surface area contributed by atoms with Crippen LogP contribution in [0.25, 0.3) is 0 Å². The number of imide groups is 1. The van der Waals surface area contributed by atoms with Gasteiger partial charge in [-0.1, -0.05) is 12.1 Å². The van der Waals surface area contributed by atoms with Crippen LogP contribution in [0.2, 0.25) is 0 Å². The molecule has 0 saturated carbocycles. The van der Waals surface area contributed by atoms with Gasteiger partial charge in [-0.15, -0.1) is 0 Å². The predicted molar refractivity (Wildman–Crippen MR) is 111 cm³/mol. The second-order valence-corrected chi connectivity index (χ2v) is 7.21. The van der Waals surface area contributed by atoms with Crippen LogP contribution in [-0.4, -0.2) is 50.3 Å². The molecule has 2 aliphatic heterocycles. The van der Waals surface area contributed by atoms with Crippen molar-refractivity contribution in [1.82, 2.24) is 10.6 Å². The first-order valence-electron chi connectivity index (χ1n) is 9.99. The summed E-state index contributed by atoms with van der Waals surface area (Å²) in [5, 5.41) is 5.43. The molecule has 2 atom stereocenters. The number of hydrogen-bond acceptors (Lipinski definition) is 6. The van der Waals surface area contributed by atoms with Gasteiger partial charge in [-0.05, 0) is 42.8 Å². The van der Waals surface area contributed by atoms with Gasteiger partial charge in [-0.2, -0.15) is 0 Å². The largest absolute Gasteiger partial charge is 0.497 e. The van der Waals surface area contributed by atoms with E-state index in [1.165, 1.54) is 7.11 Å². The van der Waals surface area contributed by atoms with E-state index in [0.29, 0.717) is 29.5 Å². The first-order chi connectivity index (χ1) is 15.0. The highest BCUT2D eigenvalue weighted by molar-refractivity contribution is 6.21. The van der Waals surface area contributed by atoms with Gasteiger partial charge in [0.25, 0.3) is 5.91 Å². The fourth-order valence-electron chi connectivity index (χ4n) is 3.46. The molecule has 0 aromatic heterocycles. The molecule has 1 saturated heterocycles. The molecule has 0 aliphatic carbocycles. The molecular formula is C22H23N3O6. The van der Waals surface area contributed by atoms with Crippen LogP contribution < -0.4 is 29.7 Å². The van der Waals surface area contributed by atoms with Gasteiger partial charge in [-0.25, -0.2) is 9.69 Å². The van der Waals surface area contributed by atoms with Crippen molar-refractivity contribution in [3.63, 3.8) is 0 Å². The molecular weight excluding hydrogens is 402 g/mol. The highest BCUT2D eigenvalue weighted by Gasteiger charge is 2.39. The second kappa shape index (κ2) is 8.95. The molecule has 2 heterocycles. The maximum absolute atomic E-state index is 12.6. The van der Waals surface area contributed by atoms with Crippen molar-refractivity contribution < 1.29 is 28.6 Å². The molecule has 9 nitrogen and oxygen atoms in total. The van der Waals surface area contributed by atoms with Crippen molar-refractivity contribution in [2.24, 2.45) is 0 Å². The molecule has 0 bridgehead atoms. The van der Waals surface area contributed by atoms with Crippen molar-refractivity contribution in [3.8, 4) is 17.2 Å². The molecule has 31 heavy (non-hydrogen) atoms. The molecule has 0 spiro atoms. The Labute approximate surface area is 179 Å². The standard InChI is InChI=1S/C22H23N3O6/c1-29-15-8-6-14(7-9-15)25-21(27)17(24-22(25)28)10-11-20(26)23-12-16-13-30-18-4-2-3-5-19(18)31-16/h2-9,16-17H,10-13H2,1H3,(H,23,26)(H,24,28). The number of anilines is 1. The van der Waals surface area contributed by atoms with E-state index in [-0.39, 0.29) is 37.3 Å². The van der Waals surface area contributed by atoms with Crippen LogP contribution in [0.1, 0.15) is 12.8 Å². The van der Waals surface area contributed by atoms with Gasteiger partial charge in [0.1, 0.15) is 24.5 Å². The van der Waals surface area contributed by atoms with E-state index < -0.39 is 12.1 Å². The average Bonchev–Trinajstić information content (AvgIpc) is 3.09. The third-order valence-electron chi connectivity index (χ3n) is 5.10. The first-order valence-corrected chi connectivity index (χ1v) is 9.99. The molecule has 2 N–H and O–H groups in total. The van der Waals surface area contributed by atoms with E-state index >= 15 is 0 Å². The zero-order valence-electron chi connectivity index (χ0n) is 17.0. The van der Waals surface area contributed by atoms with Crippen molar-refractivity contribution in [2.45, 2.75) is 25.0 Å². The predicted octanol–water partition coefficient (Wildman–Crippen LogP) is 1.86. The third kappa shape index (κ3) is 4.55. The van der Waals surface area contributed by atoms with Gasteiger partial charge in [-0.3, -0.25) is 9.59 Å². The van der Waals surface area contributed by atoms with Gasteiger partial charge < -0.3 is 24.8 Å². The summed E-state index contributed by atoms with van der Waals surface area (Å²) < 4.78 is 16.5. The molecule has 1 fully saturated rings. The number of carbonyl (C=O) groups excluding carboxylic acids is 3. The van der Waals surface area contributed by atoms with Crippen molar-refractivity contribution in [1.29, 1.82) is 0 Å². The fraction of sp³-hybridized carbons (Fsp3) is 0.318. The van der Waals surface area contributed by atoms with Crippen LogP contribution in [0, 0.1) is 0 Å². The minimum atomic E-state index is -0.749. The number of nitrogens with zero attached hydrogens (tertiary/aromatic N) is 1. The quantitative estimate of drug-likeness (QED) is 0.656. The third-order valence-corrected chi connectivity index (χ3v) is 5.10. The van der Waals surface area contributed by atoms with Crippen molar-refractivity contribution >= 4 is 23.5 Å². The number of rotatable bonds is 7. The minimum absolute atomic E-state index is 0.0945. The van der Waals surface area contributed by atoms with E-state index in [1.54, 1.807) is 24.3 Å². The Kier molecular flexibility index (Phi) is 5.92. The minimum Gasteiger partial charge on any atom is -0.497 e. The van der Waals surface area contributed by atoms with Gasteiger partial charge in [0.2, 0.25) is 5.91 Å². The Morgan fingerprint density at radius 1 is 1.16 bits per heavy atom. The molecule has 0 radical (unpaired) electrons. The van der Waals surface area contributed by atoms with Crippen molar-refractivity contribution in [2.75, 3.05) is 25.2 Å². The number of para-hydroxylation sites is 2. The number of amides is 4. The normalized spacial score (nSPS) is 19.7. The maximum Gasteiger partial charge on any atom is 0.329 e. The Morgan fingerprint density at radius 2 is 1.90 bits per heavy atom. The lowest BCUT2D eigenvalue weighted by molar-refractivity contribution is -0.122. The number of carbonyl (C=O) groups is 3. The molecule has 2 unspecified atom stereocenters. The molecule has 4 rings (SSSR count). The van der Waals surface area contributed by atoms with Gasteiger partial charge in [0.15, 0.2) is 11.5 Å². The topological polar surface area (TPSA) is 106 Å². The number of ether oxygens (including phenoxy) is 3. The lowest BCUT2D eigenvalue weighted by atomic mass is 10.1. The summed E-state index contributed by atoms with van der Waals surface area (Å²) >= 11 is 0. The lowest BCUT2D eigenvalue weighted by Crippen LogP contribution is -2.41. The SMILES string of the molecule is COc1ccc(N2C(=O)NC(CCC(=O)NCC3COc4ccccc4O3)C2=O)cc1. The highest BCUT2D eigenvalue weighted by atomic mass is 16.6. The molecule has 162 valence electrons. The Morgan fingerprint density at radius 3 is 2.65 bits per heavy atom. The molecule has 9 heteroatoms. The highest BCUT2D eigenvalue weighted by Crippen LogP contribution is 2.30. The van der Waals surface area contributed by atoms with Crippen molar-refractivity contribution in [3.05, 3.63) is 48.5 Å². The molecule has 2 aromatic rings. The zero-order valence-corrected chi connectivity index (χ0v) is 17.0. The monoisotopic (exact) mass is 425 g/mol. The number of methoxy groups -OCH3 is 1. The number of nitrogens with one attached hydrogen (secondary N) is 2.